The molecule has 0 fully saturated rings. The molecule has 0 aliphatic carbocycles. The first-order valence-corrected chi connectivity index (χ1v) is 8.49. The van der Waals surface area contributed by atoms with Gasteiger partial charge in [0, 0.05) is 10.5 Å². The number of thioether (sulfide) groups is 1. The summed E-state index contributed by atoms with van der Waals surface area (Å²) in [5.41, 5.74) is 1.34. The Morgan fingerprint density at radius 2 is 1.96 bits per heavy atom. The average molecular weight is 361 g/mol. The summed E-state index contributed by atoms with van der Waals surface area (Å²) in [5.74, 6) is -0.572. The van der Waals surface area contributed by atoms with Crippen molar-refractivity contribution >= 4 is 29.7 Å². The zero-order chi connectivity index (χ0) is 17.8. The van der Waals surface area contributed by atoms with Gasteiger partial charge < -0.3 is 9.47 Å². The Labute approximate surface area is 147 Å². The predicted octanol–water partition coefficient (Wildman–Crippen LogP) is 4.35. The maximum absolute atomic E-state index is 12.3. The molecule has 0 saturated carbocycles. The van der Waals surface area contributed by atoms with E-state index in [1.165, 1.54) is 18.2 Å². The van der Waals surface area contributed by atoms with Crippen LogP contribution in [0.3, 0.4) is 0 Å². The van der Waals surface area contributed by atoms with Crippen LogP contribution in [0.1, 0.15) is 11.1 Å². The van der Waals surface area contributed by atoms with Gasteiger partial charge in [-0.3, -0.25) is 0 Å². The van der Waals surface area contributed by atoms with Crippen LogP contribution in [0.5, 0.6) is 5.75 Å². The van der Waals surface area contributed by atoms with Crippen LogP contribution in [0.25, 0.3) is 6.08 Å². The van der Waals surface area contributed by atoms with Crippen molar-refractivity contribution in [1.29, 1.82) is 0 Å². The van der Waals surface area contributed by atoms with E-state index in [1.54, 1.807) is 23.9 Å². The highest BCUT2D eigenvalue weighted by molar-refractivity contribution is 7.98. The molecule has 0 unspecified atom stereocenters. The van der Waals surface area contributed by atoms with E-state index in [4.69, 9.17) is 4.74 Å². The Morgan fingerprint density at radius 3 is 2.64 bits per heavy atom. The van der Waals surface area contributed by atoms with Gasteiger partial charge in [0.2, 0.25) is 5.90 Å². The van der Waals surface area contributed by atoms with Gasteiger partial charge in [-0.1, -0.05) is 18.2 Å². The second-order valence-corrected chi connectivity index (χ2v) is 5.90. The Balaban J connectivity index is 1.85. The summed E-state index contributed by atoms with van der Waals surface area (Å²) in [7, 11) is 0. The van der Waals surface area contributed by atoms with E-state index in [1.807, 2.05) is 30.5 Å². The molecule has 0 radical (unpaired) electrons. The minimum atomic E-state index is -2.93. The molecule has 7 heteroatoms. The first-order valence-electron chi connectivity index (χ1n) is 7.27. The van der Waals surface area contributed by atoms with E-state index in [0.717, 1.165) is 10.5 Å². The zero-order valence-corrected chi connectivity index (χ0v) is 13.9. The van der Waals surface area contributed by atoms with E-state index in [2.05, 4.69) is 9.73 Å². The fourth-order valence-electron chi connectivity index (χ4n) is 2.20. The number of esters is 1. The molecule has 1 aliphatic heterocycles. The van der Waals surface area contributed by atoms with Crippen LogP contribution in [0, 0.1) is 0 Å². The third kappa shape index (κ3) is 4.24. The van der Waals surface area contributed by atoms with Crippen molar-refractivity contribution < 1.29 is 23.0 Å². The Bertz CT molecular complexity index is 848. The van der Waals surface area contributed by atoms with Gasteiger partial charge in [0.25, 0.3) is 0 Å². The number of carbonyl (C=O) groups is 1. The van der Waals surface area contributed by atoms with Crippen molar-refractivity contribution in [2.75, 3.05) is 6.26 Å². The maximum atomic E-state index is 12.3. The monoisotopic (exact) mass is 361 g/mol. The molecule has 1 aliphatic rings. The molecule has 0 spiro atoms. The number of hydrogen-bond donors (Lipinski definition) is 0. The molecule has 0 bridgehead atoms. The molecule has 25 heavy (non-hydrogen) atoms. The normalized spacial score (nSPS) is 15.4. The molecular formula is C18H13F2NO3S. The lowest BCUT2D eigenvalue weighted by molar-refractivity contribution is -0.129. The van der Waals surface area contributed by atoms with E-state index in [0.29, 0.717) is 5.56 Å². The van der Waals surface area contributed by atoms with Crippen molar-refractivity contribution in [3.8, 4) is 5.75 Å². The number of nitrogens with zero attached hydrogens (tertiary/aromatic N) is 1. The van der Waals surface area contributed by atoms with Gasteiger partial charge in [-0.2, -0.15) is 8.78 Å². The van der Waals surface area contributed by atoms with Crippen LogP contribution >= 0.6 is 11.8 Å². The van der Waals surface area contributed by atoms with Gasteiger partial charge in [0.15, 0.2) is 5.70 Å². The first kappa shape index (κ1) is 17.2. The summed E-state index contributed by atoms with van der Waals surface area (Å²) in [6.07, 6.45) is 3.59. The fourth-order valence-corrected chi connectivity index (χ4v) is 2.60. The molecule has 0 N–H and O–H groups in total. The standard InChI is InChI=1S/C18H13F2NO3S/c1-25-14-7-5-11(6-8-14)9-15-17(22)24-16(21-15)12-3-2-4-13(10-12)23-18(19)20/h2-10,18H,1H3/b15-9-. The highest BCUT2D eigenvalue weighted by Gasteiger charge is 2.24. The SMILES string of the molecule is CSc1ccc(/C=C2\N=C(c3cccc(OC(F)F)c3)OC2=O)cc1. The summed E-state index contributed by atoms with van der Waals surface area (Å²) >= 11 is 1.62. The summed E-state index contributed by atoms with van der Waals surface area (Å²) in [6, 6.07) is 13.5. The van der Waals surface area contributed by atoms with Crippen molar-refractivity contribution in [3.05, 3.63) is 65.4 Å². The number of alkyl halides is 2. The molecular weight excluding hydrogens is 348 g/mol. The first-order chi connectivity index (χ1) is 12.0. The van der Waals surface area contributed by atoms with Crippen LogP contribution in [-0.4, -0.2) is 24.7 Å². The van der Waals surface area contributed by atoms with Gasteiger partial charge in [-0.15, -0.1) is 11.8 Å². The summed E-state index contributed by atoms with van der Waals surface area (Å²) in [6.45, 7) is -2.93. The lowest BCUT2D eigenvalue weighted by Gasteiger charge is -2.05. The van der Waals surface area contributed by atoms with E-state index >= 15 is 0 Å². The molecule has 128 valence electrons. The van der Waals surface area contributed by atoms with Crippen molar-refractivity contribution in [1.82, 2.24) is 0 Å². The Morgan fingerprint density at radius 1 is 1.20 bits per heavy atom. The number of aliphatic imine (C=N–C) groups is 1. The number of ether oxygens (including phenoxy) is 2. The minimum Gasteiger partial charge on any atom is -0.435 e. The van der Waals surface area contributed by atoms with Crippen molar-refractivity contribution in [2.45, 2.75) is 11.5 Å². The second-order valence-electron chi connectivity index (χ2n) is 5.02. The predicted molar refractivity (Wildman–Crippen MR) is 91.9 cm³/mol. The topological polar surface area (TPSA) is 47.9 Å². The van der Waals surface area contributed by atoms with Crippen LogP contribution < -0.4 is 4.74 Å². The number of benzene rings is 2. The molecule has 3 rings (SSSR count). The molecule has 0 atom stereocenters. The van der Waals surface area contributed by atoms with Gasteiger partial charge in [-0.05, 0) is 48.2 Å². The minimum absolute atomic E-state index is 0.0312. The third-order valence-corrected chi connectivity index (χ3v) is 4.09. The van der Waals surface area contributed by atoms with Crippen LogP contribution in [0.2, 0.25) is 0 Å². The third-order valence-electron chi connectivity index (χ3n) is 3.35. The summed E-state index contributed by atoms with van der Waals surface area (Å²) < 4.78 is 34.1. The maximum Gasteiger partial charge on any atom is 0.387 e. The van der Waals surface area contributed by atoms with Gasteiger partial charge in [0.05, 0.1) is 0 Å². The molecule has 0 saturated heterocycles. The molecule has 0 amide bonds. The quantitative estimate of drug-likeness (QED) is 0.451. The van der Waals surface area contributed by atoms with Gasteiger partial charge >= 0.3 is 12.6 Å². The number of halogens is 2. The number of cyclic esters (lactones) is 1. The fraction of sp³-hybridized carbons (Fsp3) is 0.111. The second kappa shape index (κ2) is 7.48. The zero-order valence-electron chi connectivity index (χ0n) is 13.1. The van der Waals surface area contributed by atoms with Gasteiger partial charge in [-0.25, -0.2) is 9.79 Å². The van der Waals surface area contributed by atoms with Crippen LogP contribution in [0.15, 0.2) is 64.1 Å². The summed E-state index contributed by atoms with van der Waals surface area (Å²) in [5, 5.41) is 0. The molecule has 2 aromatic rings. The number of hydrogen-bond acceptors (Lipinski definition) is 5. The van der Waals surface area contributed by atoms with Crippen LogP contribution in [0.4, 0.5) is 8.78 Å². The van der Waals surface area contributed by atoms with E-state index < -0.39 is 12.6 Å². The smallest absolute Gasteiger partial charge is 0.387 e. The van der Waals surface area contributed by atoms with Crippen molar-refractivity contribution in [2.24, 2.45) is 4.99 Å². The van der Waals surface area contributed by atoms with Crippen molar-refractivity contribution in [3.63, 3.8) is 0 Å². The average Bonchev–Trinajstić information content (AvgIpc) is 2.96. The highest BCUT2D eigenvalue weighted by Crippen LogP contribution is 2.23. The molecule has 4 nitrogen and oxygen atoms in total. The summed E-state index contributed by atoms with van der Waals surface area (Å²) in [4.78, 5) is 17.3. The molecule has 2 aromatic carbocycles. The van der Waals surface area contributed by atoms with E-state index in [9.17, 15) is 13.6 Å². The Kier molecular flexibility index (Phi) is 5.14. The lowest BCUT2D eigenvalue weighted by Crippen LogP contribution is -2.07. The van der Waals surface area contributed by atoms with Gasteiger partial charge in [0.1, 0.15) is 5.75 Å². The lowest BCUT2D eigenvalue weighted by atomic mass is 10.2. The molecule has 1 heterocycles. The Hall–Kier alpha value is -2.67. The highest BCUT2D eigenvalue weighted by atomic mass is 32.2. The largest absolute Gasteiger partial charge is 0.435 e. The number of carbonyl (C=O) groups excluding carboxylic acids is 1. The van der Waals surface area contributed by atoms with E-state index in [-0.39, 0.29) is 17.3 Å². The molecule has 0 aromatic heterocycles. The number of rotatable bonds is 5. The van der Waals surface area contributed by atoms with Crippen LogP contribution in [-0.2, 0) is 9.53 Å².